The van der Waals surface area contributed by atoms with Crippen LogP contribution in [0.15, 0.2) is 23.1 Å². The summed E-state index contributed by atoms with van der Waals surface area (Å²) in [6, 6.07) is 5.12. The van der Waals surface area contributed by atoms with Crippen molar-refractivity contribution in [3.8, 4) is 0 Å². The average Bonchev–Trinajstić information content (AvgIpc) is 3.00. The van der Waals surface area contributed by atoms with Gasteiger partial charge in [0.2, 0.25) is 0 Å². The van der Waals surface area contributed by atoms with Crippen molar-refractivity contribution < 1.29 is 18.0 Å². The number of nitrogens with zero attached hydrogens (tertiary/aromatic N) is 3. The molecule has 3 rings (SSSR count). The van der Waals surface area contributed by atoms with E-state index in [2.05, 4.69) is 25.3 Å². The van der Waals surface area contributed by atoms with Crippen LogP contribution >= 0.6 is 0 Å². The molecule has 0 aliphatic carbocycles. The molecular weight excluding hydrogens is 366 g/mol. The van der Waals surface area contributed by atoms with Gasteiger partial charge < -0.3 is 9.30 Å². The Bertz CT molecular complexity index is 909. The van der Waals surface area contributed by atoms with Gasteiger partial charge >= 0.3 is 0 Å². The van der Waals surface area contributed by atoms with Crippen molar-refractivity contribution in [3.05, 3.63) is 24.0 Å². The van der Waals surface area contributed by atoms with Gasteiger partial charge in [-0.3, -0.25) is 4.84 Å². The number of hydroxylamine groups is 1. The summed E-state index contributed by atoms with van der Waals surface area (Å²) >= 11 is 0. The minimum Gasteiger partial charge on any atom is -0.381 e. The van der Waals surface area contributed by atoms with Crippen molar-refractivity contribution in [1.82, 2.24) is 14.0 Å². The fraction of sp³-hybridized carbons (Fsp3) is 0.632. The molecule has 0 atom stereocenters. The lowest BCUT2D eigenvalue weighted by Crippen LogP contribution is -2.25. The van der Waals surface area contributed by atoms with Crippen LogP contribution < -0.4 is 0 Å². The molecule has 1 aromatic heterocycles. The second kappa shape index (κ2) is 7.50. The number of fused-ring (bicyclic) bond motifs is 1. The predicted molar refractivity (Wildman–Crippen MR) is 104 cm³/mol. The van der Waals surface area contributed by atoms with E-state index in [1.54, 1.807) is 12.1 Å². The van der Waals surface area contributed by atoms with Crippen molar-refractivity contribution in [2.45, 2.75) is 50.5 Å². The number of imidazole rings is 1. The third kappa shape index (κ3) is 4.03. The lowest BCUT2D eigenvalue weighted by atomic mass is 9.94. The Kier molecular flexibility index (Phi) is 5.63. The number of hydrogen-bond donors (Lipinski definition) is 0. The number of ether oxygens (including phenoxy) is 1. The zero-order valence-corrected chi connectivity index (χ0v) is 17.5. The second-order valence-electron chi connectivity index (χ2n) is 8.10. The van der Waals surface area contributed by atoms with Crippen molar-refractivity contribution in [2.75, 3.05) is 27.4 Å². The van der Waals surface area contributed by atoms with E-state index < -0.39 is 10.0 Å². The Balaban J connectivity index is 2.08. The van der Waals surface area contributed by atoms with E-state index in [1.807, 2.05) is 6.07 Å². The highest BCUT2D eigenvalue weighted by molar-refractivity contribution is 7.89. The fourth-order valence-electron chi connectivity index (χ4n) is 3.46. The third-order valence-electron chi connectivity index (χ3n) is 5.07. The summed E-state index contributed by atoms with van der Waals surface area (Å²) in [7, 11) is -0.993. The molecule has 0 amide bonds. The van der Waals surface area contributed by atoms with Gasteiger partial charge in [0, 0.05) is 32.2 Å². The molecule has 27 heavy (non-hydrogen) atoms. The third-order valence-corrected chi connectivity index (χ3v) is 6.74. The van der Waals surface area contributed by atoms with Crippen LogP contribution in [0.3, 0.4) is 0 Å². The minimum absolute atomic E-state index is 0.146. The van der Waals surface area contributed by atoms with E-state index in [9.17, 15) is 8.42 Å². The molecule has 8 heteroatoms. The zero-order valence-electron chi connectivity index (χ0n) is 16.7. The van der Waals surface area contributed by atoms with Crippen molar-refractivity contribution >= 4 is 21.1 Å². The lowest BCUT2D eigenvalue weighted by Gasteiger charge is -2.26. The van der Waals surface area contributed by atoms with E-state index >= 15 is 0 Å². The van der Waals surface area contributed by atoms with E-state index in [4.69, 9.17) is 14.6 Å². The van der Waals surface area contributed by atoms with Crippen molar-refractivity contribution in [1.29, 1.82) is 0 Å². The molecule has 2 heterocycles. The van der Waals surface area contributed by atoms with Crippen LogP contribution in [0.2, 0.25) is 0 Å². The summed E-state index contributed by atoms with van der Waals surface area (Å²) < 4.78 is 33.7. The normalized spacial score (nSPS) is 17.1. The van der Waals surface area contributed by atoms with E-state index in [0.29, 0.717) is 11.4 Å². The van der Waals surface area contributed by atoms with Crippen LogP contribution in [-0.4, -0.2) is 49.8 Å². The summed E-state index contributed by atoms with van der Waals surface area (Å²) in [5.74, 6) is 1.51. The van der Waals surface area contributed by atoms with Gasteiger partial charge in [0.05, 0.1) is 23.0 Å². The summed E-state index contributed by atoms with van der Waals surface area (Å²) in [6.45, 7) is 8.86. The molecule has 0 unspecified atom stereocenters. The highest BCUT2D eigenvalue weighted by atomic mass is 32.2. The summed E-state index contributed by atoms with van der Waals surface area (Å²) in [4.78, 5) is 9.87. The van der Waals surface area contributed by atoms with Gasteiger partial charge in [0.15, 0.2) is 0 Å². The first-order chi connectivity index (χ1) is 12.6. The van der Waals surface area contributed by atoms with E-state index in [-0.39, 0.29) is 10.3 Å². The fourth-order valence-corrected chi connectivity index (χ4v) is 4.45. The maximum absolute atomic E-state index is 12.6. The Hall–Kier alpha value is -1.48. The van der Waals surface area contributed by atoms with Gasteiger partial charge in [-0.05, 0) is 37.0 Å². The number of sulfonamides is 1. The highest BCUT2D eigenvalue weighted by Crippen LogP contribution is 2.30. The molecule has 1 aromatic carbocycles. The Morgan fingerprint density at radius 3 is 2.56 bits per heavy atom. The predicted octanol–water partition coefficient (Wildman–Crippen LogP) is 2.94. The molecule has 0 radical (unpaired) electrons. The second-order valence-corrected chi connectivity index (χ2v) is 10.0. The van der Waals surface area contributed by atoms with Crippen LogP contribution in [0.25, 0.3) is 11.0 Å². The number of aromatic nitrogens is 2. The molecule has 0 N–H and O–H groups in total. The lowest BCUT2D eigenvalue weighted by molar-refractivity contribution is -0.0258. The number of rotatable bonds is 5. The van der Waals surface area contributed by atoms with Gasteiger partial charge in [0.25, 0.3) is 10.0 Å². The van der Waals surface area contributed by atoms with Gasteiger partial charge in [-0.1, -0.05) is 25.2 Å². The first-order valence-corrected chi connectivity index (χ1v) is 10.7. The van der Waals surface area contributed by atoms with Gasteiger partial charge in [-0.25, -0.2) is 13.4 Å². The molecule has 0 spiro atoms. The molecule has 1 aliphatic heterocycles. The van der Waals surface area contributed by atoms with E-state index in [0.717, 1.165) is 48.4 Å². The van der Waals surface area contributed by atoms with Gasteiger partial charge in [-0.15, -0.1) is 0 Å². The van der Waals surface area contributed by atoms with Gasteiger partial charge in [0.1, 0.15) is 5.82 Å². The molecule has 0 bridgehead atoms. The summed E-state index contributed by atoms with van der Waals surface area (Å²) in [6.07, 6.45) is 2.07. The Morgan fingerprint density at radius 2 is 1.96 bits per heavy atom. The quantitative estimate of drug-likeness (QED) is 0.728. The van der Waals surface area contributed by atoms with Crippen molar-refractivity contribution in [2.24, 2.45) is 5.92 Å². The van der Waals surface area contributed by atoms with Gasteiger partial charge in [-0.2, -0.15) is 0 Å². The number of hydrogen-bond acceptors (Lipinski definition) is 5. The van der Waals surface area contributed by atoms with Crippen LogP contribution in [0.4, 0.5) is 0 Å². The van der Waals surface area contributed by atoms with Crippen LogP contribution in [0, 0.1) is 5.92 Å². The smallest absolute Gasteiger partial charge is 0.264 e. The zero-order chi connectivity index (χ0) is 19.8. The average molecular weight is 396 g/mol. The molecule has 2 aromatic rings. The Morgan fingerprint density at radius 1 is 1.30 bits per heavy atom. The molecule has 150 valence electrons. The molecule has 1 fully saturated rings. The summed E-state index contributed by atoms with van der Waals surface area (Å²) in [5, 5.41) is 0. The first kappa shape index (κ1) is 20.3. The van der Waals surface area contributed by atoms with Crippen LogP contribution in [-0.2, 0) is 31.6 Å². The standard InChI is InChI=1S/C19H29N3O4S/c1-19(2,3)18-20-16-12-15(27(23,24)21(4)25-5)6-7-17(16)22(18)13-14-8-10-26-11-9-14/h6-7,12,14H,8-11,13H2,1-5H3. The van der Waals surface area contributed by atoms with Crippen LogP contribution in [0.5, 0.6) is 0 Å². The maximum Gasteiger partial charge on any atom is 0.264 e. The Labute approximate surface area is 161 Å². The van der Waals surface area contributed by atoms with Crippen molar-refractivity contribution in [3.63, 3.8) is 0 Å². The maximum atomic E-state index is 12.6. The molecule has 7 nitrogen and oxygen atoms in total. The SMILES string of the molecule is CON(C)S(=O)(=O)c1ccc2c(c1)nc(C(C)(C)C)n2CC1CCOCC1. The molecule has 0 saturated carbocycles. The minimum atomic E-state index is -3.70. The molecule has 1 aliphatic rings. The summed E-state index contributed by atoms with van der Waals surface area (Å²) in [5.41, 5.74) is 1.51. The molecule has 1 saturated heterocycles. The number of benzene rings is 1. The van der Waals surface area contributed by atoms with E-state index in [1.165, 1.54) is 14.2 Å². The highest BCUT2D eigenvalue weighted by Gasteiger charge is 2.27. The topological polar surface area (TPSA) is 73.7 Å². The first-order valence-electron chi connectivity index (χ1n) is 9.26. The molecular formula is C19H29N3O4S. The largest absolute Gasteiger partial charge is 0.381 e. The monoisotopic (exact) mass is 395 g/mol. The van der Waals surface area contributed by atoms with Crippen LogP contribution in [0.1, 0.15) is 39.4 Å².